The Balaban J connectivity index is 2.68. The van der Waals surface area contributed by atoms with Crippen LogP contribution in [0.4, 0.5) is 0 Å². The van der Waals surface area contributed by atoms with E-state index in [9.17, 15) is 9.59 Å². The molecule has 0 aliphatic heterocycles. The number of carbonyl (C=O) groups is 2. The van der Waals surface area contributed by atoms with Crippen LogP contribution in [-0.2, 0) is 4.79 Å². The number of hydrogen-bond donors (Lipinski definition) is 2. The highest BCUT2D eigenvalue weighted by Gasteiger charge is 2.19. The van der Waals surface area contributed by atoms with Gasteiger partial charge >= 0.3 is 5.97 Å². The second-order valence-corrected chi connectivity index (χ2v) is 4.19. The minimum Gasteiger partial charge on any atom is -0.494 e. The predicted molar refractivity (Wildman–Crippen MR) is 75.9 cm³/mol. The number of carboxylic acid groups (broad SMARTS) is 1. The van der Waals surface area contributed by atoms with Crippen molar-refractivity contribution in [2.24, 2.45) is 0 Å². The second kappa shape index (κ2) is 7.99. The van der Waals surface area contributed by atoms with Crippen LogP contribution in [0.2, 0.25) is 0 Å². The SMILES string of the molecule is C=CCCC(NC(=O)c1ccc(OCC)cc1)C(=O)O. The lowest BCUT2D eigenvalue weighted by molar-refractivity contribution is -0.139. The molecule has 0 saturated heterocycles. The largest absolute Gasteiger partial charge is 0.494 e. The molecule has 0 saturated carbocycles. The zero-order valence-corrected chi connectivity index (χ0v) is 11.5. The fourth-order valence-corrected chi connectivity index (χ4v) is 1.65. The van der Waals surface area contributed by atoms with Gasteiger partial charge < -0.3 is 15.2 Å². The van der Waals surface area contributed by atoms with Crippen molar-refractivity contribution in [1.82, 2.24) is 5.32 Å². The number of carbonyl (C=O) groups excluding carboxylic acids is 1. The number of rotatable bonds is 8. The summed E-state index contributed by atoms with van der Waals surface area (Å²) in [5.74, 6) is -0.791. The number of hydrogen-bond acceptors (Lipinski definition) is 3. The van der Waals surface area contributed by atoms with Crippen molar-refractivity contribution in [3.63, 3.8) is 0 Å². The summed E-state index contributed by atoms with van der Waals surface area (Å²) in [6, 6.07) is 5.65. The lowest BCUT2D eigenvalue weighted by Gasteiger charge is -2.13. The van der Waals surface area contributed by atoms with E-state index in [1.807, 2.05) is 6.92 Å². The molecular formula is C15H19NO4. The Morgan fingerprint density at radius 2 is 2.05 bits per heavy atom. The van der Waals surface area contributed by atoms with Crippen molar-refractivity contribution in [3.8, 4) is 5.75 Å². The second-order valence-electron chi connectivity index (χ2n) is 4.19. The molecule has 0 fully saturated rings. The van der Waals surface area contributed by atoms with Crippen LogP contribution < -0.4 is 10.1 Å². The third kappa shape index (κ3) is 4.76. The van der Waals surface area contributed by atoms with Gasteiger partial charge in [-0.05, 0) is 44.0 Å². The standard InChI is InChI=1S/C15H19NO4/c1-3-5-6-13(15(18)19)16-14(17)11-7-9-12(10-8-11)20-4-2/h3,7-10,13H,1,4-6H2,2H3,(H,16,17)(H,18,19). The Bertz CT molecular complexity index is 467. The molecule has 0 aliphatic rings. The van der Waals surface area contributed by atoms with E-state index in [1.165, 1.54) is 0 Å². The lowest BCUT2D eigenvalue weighted by Crippen LogP contribution is -2.40. The highest BCUT2D eigenvalue weighted by molar-refractivity contribution is 5.96. The summed E-state index contributed by atoms with van der Waals surface area (Å²) < 4.78 is 5.28. The van der Waals surface area contributed by atoms with E-state index in [1.54, 1.807) is 30.3 Å². The summed E-state index contributed by atoms with van der Waals surface area (Å²) >= 11 is 0. The average molecular weight is 277 g/mol. The number of benzene rings is 1. The van der Waals surface area contributed by atoms with E-state index in [4.69, 9.17) is 9.84 Å². The zero-order chi connectivity index (χ0) is 15.0. The number of amides is 1. The van der Waals surface area contributed by atoms with Crippen molar-refractivity contribution >= 4 is 11.9 Å². The van der Waals surface area contributed by atoms with E-state index < -0.39 is 17.9 Å². The Morgan fingerprint density at radius 1 is 1.40 bits per heavy atom. The molecule has 0 heterocycles. The van der Waals surface area contributed by atoms with Gasteiger partial charge in [0.25, 0.3) is 5.91 Å². The lowest BCUT2D eigenvalue weighted by atomic mass is 10.1. The van der Waals surface area contributed by atoms with Gasteiger partial charge in [-0.1, -0.05) is 6.08 Å². The molecule has 0 radical (unpaired) electrons. The number of ether oxygens (including phenoxy) is 1. The molecule has 20 heavy (non-hydrogen) atoms. The predicted octanol–water partition coefficient (Wildman–Crippen LogP) is 2.23. The molecule has 1 aromatic rings. The summed E-state index contributed by atoms with van der Waals surface area (Å²) in [5, 5.41) is 11.5. The third-order valence-corrected chi connectivity index (χ3v) is 2.69. The van der Waals surface area contributed by atoms with Crippen molar-refractivity contribution in [1.29, 1.82) is 0 Å². The summed E-state index contributed by atoms with van der Waals surface area (Å²) in [5.41, 5.74) is 0.401. The van der Waals surface area contributed by atoms with Gasteiger partial charge in [0.05, 0.1) is 6.61 Å². The highest BCUT2D eigenvalue weighted by atomic mass is 16.5. The summed E-state index contributed by atoms with van der Waals surface area (Å²) in [7, 11) is 0. The highest BCUT2D eigenvalue weighted by Crippen LogP contribution is 2.12. The number of allylic oxidation sites excluding steroid dienone is 1. The van der Waals surface area contributed by atoms with Gasteiger partial charge in [0.15, 0.2) is 0 Å². The van der Waals surface area contributed by atoms with Crippen LogP contribution in [0.3, 0.4) is 0 Å². The zero-order valence-electron chi connectivity index (χ0n) is 11.5. The fourth-order valence-electron chi connectivity index (χ4n) is 1.65. The van der Waals surface area contributed by atoms with E-state index in [2.05, 4.69) is 11.9 Å². The van der Waals surface area contributed by atoms with E-state index in [-0.39, 0.29) is 0 Å². The maximum Gasteiger partial charge on any atom is 0.326 e. The number of nitrogens with one attached hydrogen (secondary N) is 1. The van der Waals surface area contributed by atoms with Crippen molar-refractivity contribution in [2.45, 2.75) is 25.8 Å². The average Bonchev–Trinajstić information content (AvgIpc) is 2.44. The monoisotopic (exact) mass is 277 g/mol. The number of aliphatic carboxylic acids is 1. The first-order valence-corrected chi connectivity index (χ1v) is 6.46. The third-order valence-electron chi connectivity index (χ3n) is 2.69. The number of carboxylic acids is 1. The van der Waals surface area contributed by atoms with E-state index >= 15 is 0 Å². The summed E-state index contributed by atoms with van der Waals surface area (Å²) in [4.78, 5) is 23.0. The molecule has 108 valence electrons. The topological polar surface area (TPSA) is 75.6 Å². The van der Waals surface area contributed by atoms with Crippen molar-refractivity contribution in [3.05, 3.63) is 42.5 Å². The Kier molecular flexibility index (Phi) is 6.29. The molecule has 5 heteroatoms. The van der Waals surface area contributed by atoms with Crippen LogP contribution in [0.1, 0.15) is 30.1 Å². The van der Waals surface area contributed by atoms with Gasteiger partial charge in [0.1, 0.15) is 11.8 Å². The Labute approximate surface area is 118 Å². The summed E-state index contributed by atoms with van der Waals surface area (Å²) in [6.45, 7) is 5.96. The van der Waals surface area contributed by atoms with Crippen LogP contribution in [0.15, 0.2) is 36.9 Å². The van der Waals surface area contributed by atoms with Crippen LogP contribution in [-0.4, -0.2) is 29.6 Å². The van der Waals surface area contributed by atoms with Crippen LogP contribution in [0.25, 0.3) is 0 Å². The fraction of sp³-hybridized carbons (Fsp3) is 0.333. The van der Waals surface area contributed by atoms with Gasteiger partial charge in [-0.15, -0.1) is 6.58 Å². The van der Waals surface area contributed by atoms with Crippen molar-refractivity contribution in [2.75, 3.05) is 6.61 Å². The molecule has 1 amide bonds. The molecule has 5 nitrogen and oxygen atoms in total. The summed E-state index contributed by atoms with van der Waals surface area (Å²) in [6.07, 6.45) is 2.47. The molecule has 0 bridgehead atoms. The molecule has 0 spiro atoms. The molecule has 1 rings (SSSR count). The van der Waals surface area contributed by atoms with Crippen LogP contribution in [0.5, 0.6) is 5.75 Å². The molecule has 0 aromatic heterocycles. The Morgan fingerprint density at radius 3 is 2.55 bits per heavy atom. The van der Waals surface area contributed by atoms with Gasteiger partial charge in [-0.25, -0.2) is 4.79 Å². The maximum atomic E-state index is 12.0. The molecule has 0 aliphatic carbocycles. The molecule has 2 N–H and O–H groups in total. The molecular weight excluding hydrogens is 258 g/mol. The van der Waals surface area contributed by atoms with Crippen molar-refractivity contribution < 1.29 is 19.4 Å². The van der Waals surface area contributed by atoms with E-state index in [0.717, 1.165) is 0 Å². The first-order chi connectivity index (χ1) is 9.58. The Hall–Kier alpha value is -2.30. The molecule has 1 unspecified atom stereocenters. The van der Waals surface area contributed by atoms with Gasteiger partial charge in [-0.3, -0.25) is 4.79 Å². The van der Waals surface area contributed by atoms with Gasteiger partial charge in [0.2, 0.25) is 0 Å². The molecule has 1 atom stereocenters. The first kappa shape index (κ1) is 15.8. The van der Waals surface area contributed by atoms with Gasteiger partial charge in [-0.2, -0.15) is 0 Å². The first-order valence-electron chi connectivity index (χ1n) is 6.46. The minimum atomic E-state index is -1.05. The van der Waals surface area contributed by atoms with Crippen LogP contribution in [0, 0.1) is 0 Å². The van der Waals surface area contributed by atoms with Gasteiger partial charge in [0, 0.05) is 5.56 Å². The quantitative estimate of drug-likeness (QED) is 0.714. The van der Waals surface area contributed by atoms with E-state index in [0.29, 0.717) is 30.8 Å². The smallest absolute Gasteiger partial charge is 0.326 e. The molecule has 1 aromatic carbocycles. The minimum absolute atomic E-state index is 0.321. The van der Waals surface area contributed by atoms with Crippen LogP contribution >= 0.6 is 0 Å². The normalized spacial score (nSPS) is 11.4. The maximum absolute atomic E-state index is 12.0.